The van der Waals surface area contributed by atoms with Crippen molar-refractivity contribution in [1.82, 2.24) is 5.32 Å². The second-order valence-electron chi connectivity index (χ2n) is 8.59. The van der Waals surface area contributed by atoms with Gasteiger partial charge in [0, 0.05) is 12.1 Å². The Morgan fingerprint density at radius 2 is 1.66 bits per heavy atom. The summed E-state index contributed by atoms with van der Waals surface area (Å²) >= 11 is 0. The van der Waals surface area contributed by atoms with Crippen LogP contribution in [0.5, 0.6) is 11.5 Å². The van der Waals surface area contributed by atoms with Gasteiger partial charge in [0.2, 0.25) is 0 Å². The standard InChI is InChI=1S/C25H41NO3/c1-3-5-7-8-9-10-12-14-24(25(28)26-21-15-16-21)29-23-18-20(13-11-6-4-2)17-22(27)19-23/h17-19,21,24,27H,3-16H2,1-2H3,(H,26,28). The highest BCUT2D eigenvalue weighted by Crippen LogP contribution is 2.26. The average Bonchev–Trinajstić information content (AvgIpc) is 3.50. The molecule has 0 saturated heterocycles. The summed E-state index contributed by atoms with van der Waals surface area (Å²) in [6.45, 7) is 4.42. The van der Waals surface area contributed by atoms with Gasteiger partial charge in [-0.05, 0) is 56.2 Å². The summed E-state index contributed by atoms with van der Waals surface area (Å²) in [5.41, 5.74) is 1.07. The number of aryl methyl sites for hydroxylation is 1. The molecule has 1 saturated carbocycles. The van der Waals surface area contributed by atoms with Crippen LogP contribution >= 0.6 is 0 Å². The summed E-state index contributed by atoms with van der Waals surface area (Å²) in [5, 5.41) is 13.2. The number of ether oxygens (including phenoxy) is 1. The van der Waals surface area contributed by atoms with E-state index in [1.807, 2.05) is 6.07 Å². The van der Waals surface area contributed by atoms with Crippen LogP contribution in [0.2, 0.25) is 0 Å². The molecule has 0 aliphatic heterocycles. The van der Waals surface area contributed by atoms with Crippen LogP contribution in [0.4, 0.5) is 0 Å². The van der Waals surface area contributed by atoms with E-state index in [9.17, 15) is 9.90 Å². The summed E-state index contributed by atoms with van der Waals surface area (Å²) in [5.74, 6) is 0.816. The van der Waals surface area contributed by atoms with Gasteiger partial charge in [-0.15, -0.1) is 0 Å². The second kappa shape index (κ2) is 13.5. The van der Waals surface area contributed by atoms with E-state index in [0.29, 0.717) is 11.8 Å². The van der Waals surface area contributed by atoms with Crippen molar-refractivity contribution in [2.45, 2.75) is 116 Å². The monoisotopic (exact) mass is 403 g/mol. The number of carbonyl (C=O) groups is 1. The van der Waals surface area contributed by atoms with Gasteiger partial charge in [-0.2, -0.15) is 0 Å². The highest BCUT2D eigenvalue weighted by Gasteiger charge is 2.28. The first-order valence-corrected chi connectivity index (χ1v) is 11.9. The zero-order valence-corrected chi connectivity index (χ0v) is 18.5. The van der Waals surface area contributed by atoms with E-state index in [4.69, 9.17) is 4.74 Å². The summed E-state index contributed by atoms with van der Waals surface area (Å²) in [4.78, 5) is 12.7. The number of rotatable bonds is 16. The second-order valence-corrected chi connectivity index (χ2v) is 8.59. The Morgan fingerprint density at radius 3 is 2.34 bits per heavy atom. The molecule has 4 nitrogen and oxygen atoms in total. The van der Waals surface area contributed by atoms with E-state index in [0.717, 1.165) is 50.5 Å². The van der Waals surface area contributed by atoms with Gasteiger partial charge < -0.3 is 15.2 Å². The van der Waals surface area contributed by atoms with Crippen molar-refractivity contribution in [1.29, 1.82) is 0 Å². The van der Waals surface area contributed by atoms with Gasteiger partial charge in [-0.1, -0.05) is 65.2 Å². The van der Waals surface area contributed by atoms with Gasteiger partial charge in [-0.25, -0.2) is 0 Å². The number of hydrogen-bond donors (Lipinski definition) is 2. The SMILES string of the molecule is CCCCCCCCCC(Oc1cc(O)cc(CCCCC)c1)C(=O)NC1CC1. The fourth-order valence-electron chi connectivity index (χ4n) is 3.65. The van der Waals surface area contributed by atoms with Gasteiger partial charge in [0.05, 0.1) is 0 Å². The molecular weight excluding hydrogens is 362 g/mol. The molecule has 0 bridgehead atoms. The Kier molecular flexibility index (Phi) is 11.0. The third-order valence-electron chi connectivity index (χ3n) is 5.58. The normalized spacial score (nSPS) is 14.6. The van der Waals surface area contributed by atoms with Crippen LogP contribution in [0, 0.1) is 0 Å². The number of phenols is 1. The van der Waals surface area contributed by atoms with Crippen molar-refractivity contribution in [2.24, 2.45) is 0 Å². The Labute approximate surface area is 177 Å². The van der Waals surface area contributed by atoms with E-state index in [-0.39, 0.29) is 11.7 Å². The van der Waals surface area contributed by atoms with Crippen molar-refractivity contribution in [3.05, 3.63) is 23.8 Å². The lowest BCUT2D eigenvalue weighted by Gasteiger charge is -2.19. The Morgan fingerprint density at radius 1 is 1.00 bits per heavy atom. The van der Waals surface area contributed by atoms with Crippen molar-refractivity contribution < 1.29 is 14.6 Å². The number of phenolic OH excluding ortho intramolecular Hbond substituents is 1. The van der Waals surface area contributed by atoms with Gasteiger partial charge in [0.15, 0.2) is 6.10 Å². The van der Waals surface area contributed by atoms with Crippen molar-refractivity contribution >= 4 is 5.91 Å². The molecule has 0 heterocycles. The topological polar surface area (TPSA) is 58.6 Å². The maximum atomic E-state index is 12.7. The maximum absolute atomic E-state index is 12.7. The molecule has 1 unspecified atom stereocenters. The highest BCUT2D eigenvalue weighted by atomic mass is 16.5. The number of carbonyl (C=O) groups excluding carboxylic acids is 1. The van der Waals surface area contributed by atoms with E-state index in [1.54, 1.807) is 12.1 Å². The molecule has 1 aromatic carbocycles. The average molecular weight is 404 g/mol. The predicted octanol–water partition coefficient (Wildman–Crippen LogP) is 6.29. The molecule has 2 rings (SSSR count). The lowest BCUT2D eigenvalue weighted by atomic mass is 10.1. The zero-order valence-electron chi connectivity index (χ0n) is 18.5. The molecule has 0 aromatic heterocycles. The predicted molar refractivity (Wildman–Crippen MR) is 120 cm³/mol. The van der Waals surface area contributed by atoms with Crippen LogP contribution in [0.15, 0.2) is 18.2 Å². The third kappa shape index (κ3) is 10.0. The summed E-state index contributed by atoms with van der Waals surface area (Å²) in [6.07, 6.45) is 15.3. The van der Waals surface area contributed by atoms with Crippen LogP contribution in [-0.4, -0.2) is 23.2 Å². The molecule has 2 N–H and O–H groups in total. The minimum Gasteiger partial charge on any atom is -0.508 e. The molecular formula is C25H41NO3. The summed E-state index contributed by atoms with van der Waals surface area (Å²) in [7, 11) is 0. The zero-order chi connectivity index (χ0) is 20.9. The lowest BCUT2D eigenvalue weighted by molar-refractivity contribution is -0.128. The smallest absolute Gasteiger partial charge is 0.261 e. The molecule has 1 atom stereocenters. The van der Waals surface area contributed by atoms with Gasteiger partial charge in [-0.3, -0.25) is 4.79 Å². The Hall–Kier alpha value is -1.71. The number of hydrogen-bond acceptors (Lipinski definition) is 3. The summed E-state index contributed by atoms with van der Waals surface area (Å²) < 4.78 is 6.11. The van der Waals surface area contributed by atoms with Crippen LogP contribution in [-0.2, 0) is 11.2 Å². The molecule has 164 valence electrons. The Bertz CT molecular complexity index is 598. The van der Waals surface area contributed by atoms with E-state index in [1.165, 1.54) is 44.9 Å². The van der Waals surface area contributed by atoms with Gasteiger partial charge in [0.25, 0.3) is 5.91 Å². The molecule has 1 aromatic rings. The first-order chi connectivity index (χ1) is 14.1. The number of aromatic hydroxyl groups is 1. The van der Waals surface area contributed by atoms with Crippen LogP contribution in [0.3, 0.4) is 0 Å². The minimum absolute atomic E-state index is 0.00522. The quantitative estimate of drug-likeness (QED) is 0.319. The van der Waals surface area contributed by atoms with Crippen LogP contribution in [0.1, 0.15) is 103 Å². The number of unbranched alkanes of at least 4 members (excludes halogenated alkanes) is 8. The van der Waals surface area contributed by atoms with Crippen molar-refractivity contribution in [2.75, 3.05) is 0 Å². The summed E-state index contributed by atoms with van der Waals surface area (Å²) in [6, 6.07) is 5.75. The van der Waals surface area contributed by atoms with Gasteiger partial charge >= 0.3 is 0 Å². The minimum atomic E-state index is -0.475. The molecule has 29 heavy (non-hydrogen) atoms. The molecule has 1 aliphatic rings. The molecule has 1 fully saturated rings. The van der Waals surface area contributed by atoms with E-state index in [2.05, 4.69) is 19.2 Å². The largest absolute Gasteiger partial charge is 0.508 e. The van der Waals surface area contributed by atoms with Crippen LogP contribution < -0.4 is 10.1 Å². The fourth-order valence-corrected chi connectivity index (χ4v) is 3.65. The molecule has 0 radical (unpaired) electrons. The first-order valence-electron chi connectivity index (χ1n) is 11.9. The lowest BCUT2D eigenvalue weighted by Crippen LogP contribution is -2.39. The highest BCUT2D eigenvalue weighted by molar-refractivity contribution is 5.81. The number of benzene rings is 1. The van der Waals surface area contributed by atoms with Crippen molar-refractivity contribution in [3.8, 4) is 11.5 Å². The fraction of sp³-hybridized carbons (Fsp3) is 0.720. The van der Waals surface area contributed by atoms with Gasteiger partial charge in [0.1, 0.15) is 11.5 Å². The number of nitrogens with one attached hydrogen (secondary N) is 1. The van der Waals surface area contributed by atoms with E-state index >= 15 is 0 Å². The Balaban J connectivity index is 1.89. The molecule has 1 amide bonds. The van der Waals surface area contributed by atoms with E-state index < -0.39 is 6.10 Å². The van der Waals surface area contributed by atoms with Crippen molar-refractivity contribution in [3.63, 3.8) is 0 Å². The first kappa shape index (κ1) is 23.6. The van der Waals surface area contributed by atoms with Crippen LogP contribution in [0.25, 0.3) is 0 Å². The third-order valence-corrected chi connectivity index (χ3v) is 5.58. The number of amides is 1. The maximum Gasteiger partial charge on any atom is 0.261 e. The molecule has 0 spiro atoms. The molecule has 1 aliphatic carbocycles. The molecule has 4 heteroatoms.